The first-order valence-corrected chi connectivity index (χ1v) is 3.78. The smallest absolute Gasteiger partial charge is 0.125 e. The number of phenols is 1. The molecule has 0 amide bonds. The van der Waals surface area contributed by atoms with Gasteiger partial charge in [0.25, 0.3) is 0 Å². The van der Waals surface area contributed by atoms with E-state index in [-0.39, 0.29) is 5.75 Å². The van der Waals surface area contributed by atoms with Crippen LogP contribution in [0.15, 0.2) is 18.2 Å². The van der Waals surface area contributed by atoms with E-state index in [9.17, 15) is 5.11 Å². The first-order valence-electron chi connectivity index (χ1n) is 3.78. The molecule has 3 nitrogen and oxygen atoms in total. The molecule has 0 unspecified atom stereocenters. The summed E-state index contributed by atoms with van der Waals surface area (Å²) in [5.74, 6) is 0.252. The summed E-state index contributed by atoms with van der Waals surface area (Å²) in [6.07, 6.45) is 0. The molecule has 0 saturated heterocycles. The average molecular weight is 167 g/mol. The van der Waals surface area contributed by atoms with Crippen molar-refractivity contribution in [3.05, 3.63) is 29.3 Å². The standard InChI is InChI=1S/C9H13NO2/c1-12-6-8-4-2-3-7(5-10)9(8)11/h2-4,11H,5-6,10H2,1H3. The minimum absolute atomic E-state index is 0.252. The maximum Gasteiger partial charge on any atom is 0.125 e. The van der Waals surface area contributed by atoms with Crippen molar-refractivity contribution in [3.63, 3.8) is 0 Å². The van der Waals surface area contributed by atoms with Crippen LogP contribution in [0, 0.1) is 0 Å². The number of hydrogen-bond donors (Lipinski definition) is 2. The molecule has 0 aliphatic heterocycles. The minimum Gasteiger partial charge on any atom is -0.507 e. The highest BCUT2D eigenvalue weighted by Gasteiger charge is 2.03. The summed E-state index contributed by atoms with van der Waals surface area (Å²) in [7, 11) is 1.59. The third-order valence-electron chi connectivity index (χ3n) is 1.72. The second-order valence-electron chi connectivity index (χ2n) is 2.56. The van der Waals surface area contributed by atoms with Gasteiger partial charge in [-0.15, -0.1) is 0 Å². The molecule has 0 radical (unpaired) electrons. The number of ether oxygens (including phenoxy) is 1. The molecule has 3 N–H and O–H groups in total. The summed E-state index contributed by atoms with van der Waals surface area (Å²) in [6.45, 7) is 0.767. The van der Waals surface area contributed by atoms with Crippen molar-refractivity contribution < 1.29 is 9.84 Å². The summed E-state index contributed by atoms with van der Waals surface area (Å²) < 4.78 is 4.91. The number of benzene rings is 1. The fraction of sp³-hybridized carbons (Fsp3) is 0.333. The largest absolute Gasteiger partial charge is 0.507 e. The van der Waals surface area contributed by atoms with E-state index < -0.39 is 0 Å². The lowest BCUT2D eigenvalue weighted by molar-refractivity contribution is 0.182. The molecular weight excluding hydrogens is 154 g/mol. The molecule has 1 aromatic rings. The Hall–Kier alpha value is -1.06. The van der Waals surface area contributed by atoms with Crippen LogP contribution in [0.5, 0.6) is 5.75 Å². The molecule has 3 heteroatoms. The van der Waals surface area contributed by atoms with E-state index in [2.05, 4.69) is 0 Å². The van der Waals surface area contributed by atoms with Gasteiger partial charge in [-0.1, -0.05) is 18.2 Å². The highest BCUT2D eigenvalue weighted by molar-refractivity contribution is 5.39. The molecule has 0 heterocycles. The van der Waals surface area contributed by atoms with Crippen LogP contribution >= 0.6 is 0 Å². The summed E-state index contributed by atoms with van der Waals surface area (Å²) in [5, 5.41) is 9.56. The fourth-order valence-electron chi connectivity index (χ4n) is 1.08. The van der Waals surface area contributed by atoms with Gasteiger partial charge in [-0.2, -0.15) is 0 Å². The molecule has 1 aromatic carbocycles. The Labute approximate surface area is 71.8 Å². The Morgan fingerprint density at radius 2 is 2.08 bits per heavy atom. The van der Waals surface area contributed by atoms with Crippen molar-refractivity contribution in [1.82, 2.24) is 0 Å². The zero-order chi connectivity index (χ0) is 8.97. The zero-order valence-electron chi connectivity index (χ0n) is 7.08. The molecule has 0 atom stereocenters. The van der Waals surface area contributed by atoms with Crippen molar-refractivity contribution in [2.24, 2.45) is 5.73 Å². The molecule has 0 saturated carbocycles. The van der Waals surface area contributed by atoms with E-state index in [1.54, 1.807) is 13.2 Å². The van der Waals surface area contributed by atoms with Gasteiger partial charge < -0.3 is 15.6 Å². The highest BCUT2D eigenvalue weighted by Crippen LogP contribution is 2.22. The number of methoxy groups -OCH3 is 1. The predicted molar refractivity (Wildman–Crippen MR) is 46.7 cm³/mol. The van der Waals surface area contributed by atoms with Crippen molar-refractivity contribution >= 4 is 0 Å². The first kappa shape index (κ1) is 9.03. The summed E-state index contributed by atoms with van der Waals surface area (Å²) in [4.78, 5) is 0. The van der Waals surface area contributed by atoms with Gasteiger partial charge in [0, 0.05) is 24.8 Å². The van der Waals surface area contributed by atoms with E-state index in [0.29, 0.717) is 13.2 Å². The number of para-hydroxylation sites is 1. The second-order valence-corrected chi connectivity index (χ2v) is 2.56. The van der Waals surface area contributed by atoms with Gasteiger partial charge in [0.1, 0.15) is 5.75 Å². The van der Waals surface area contributed by atoms with Crippen LogP contribution in [0.4, 0.5) is 0 Å². The number of rotatable bonds is 3. The van der Waals surface area contributed by atoms with Gasteiger partial charge in [0.2, 0.25) is 0 Å². The number of nitrogens with two attached hydrogens (primary N) is 1. The topological polar surface area (TPSA) is 55.5 Å². The van der Waals surface area contributed by atoms with E-state index in [1.165, 1.54) is 0 Å². The fourth-order valence-corrected chi connectivity index (χ4v) is 1.08. The minimum atomic E-state index is 0.252. The lowest BCUT2D eigenvalue weighted by Gasteiger charge is -2.06. The third kappa shape index (κ3) is 1.75. The molecule has 0 fully saturated rings. The van der Waals surface area contributed by atoms with Gasteiger partial charge in [-0.05, 0) is 0 Å². The number of aromatic hydroxyl groups is 1. The second kappa shape index (κ2) is 4.09. The summed E-state index contributed by atoms with van der Waals surface area (Å²) >= 11 is 0. The van der Waals surface area contributed by atoms with Crippen molar-refractivity contribution in [2.75, 3.05) is 7.11 Å². The van der Waals surface area contributed by atoms with Gasteiger partial charge in [-0.25, -0.2) is 0 Å². The molecule has 0 spiro atoms. The van der Waals surface area contributed by atoms with Crippen LogP contribution < -0.4 is 5.73 Å². The van der Waals surface area contributed by atoms with Crippen LogP contribution in [-0.2, 0) is 17.9 Å². The van der Waals surface area contributed by atoms with E-state index in [4.69, 9.17) is 10.5 Å². The maximum atomic E-state index is 9.56. The van der Waals surface area contributed by atoms with Gasteiger partial charge in [0.05, 0.1) is 6.61 Å². The zero-order valence-corrected chi connectivity index (χ0v) is 7.08. The number of phenolic OH excluding ortho intramolecular Hbond substituents is 1. The Kier molecular flexibility index (Phi) is 3.08. The van der Waals surface area contributed by atoms with Crippen LogP contribution in [0.25, 0.3) is 0 Å². The van der Waals surface area contributed by atoms with Gasteiger partial charge >= 0.3 is 0 Å². The molecule has 0 aliphatic rings. The summed E-state index contributed by atoms with van der Waals surface area (Å²) in [5.41, 5.74) is 6.95. The Balaban J connectivity index is 2.97. The van der Waals surface area contributed by atoms with Crippen LogP contribution in [-0.4, -0.2) is 12.2 Å². The van der Waals surface area contributed by atoms with Crippen LogP contribution in [0.2, 0.25) is 0 Å². The molecule has 0 aromatic heterocycles. The predicted octanol–water partition coefficient (Wildman–Crippen LogP) is 0.997. The van der Waals surface area contributed by atoms with Crippen LogP contribution in [0.1, 0.15) is 11.1 Å². The SMILES string of the molecule is COCc1cccc(CN)c1O. The van der Waals surface area contributed by atoms with E-state index in [1.807, 2.05) is 12.1 Å². The quantitative estimate of drug-likeness (QED) is 0.706. The molecule has 0 aliphatic carbocycles. The first-order chi connectivity index (χ1) is 5.79. The molecule has 0 bridgehead atoms. The monoisotopic (exact) mass is 167 g/mol. The van der Waals surface area contributed by atoms with E-state index >= 15 is 0 Å². The molecular formula is C9H13NO2. The van der Waals surface area contributed by atoms with Crippen molar-refractivity contribution in [1.29, 1.82) is 0 Å². The van der Waals surface area contributed by atoms with Gasteiger partial charge in [0.15, 0.2) is 0 Å². The van der Waals surface area contributed by atoms with Crippen molar-refractivity contribution in [3.8, 4) is 5.75 Å². The maximum absolute atomic E-state index is 9.56. The Morgan fingerprint density at radius 3 is 2.67 bits per heavy atom. The molecule has 66 valence electrons. The summed E-state index contributed by atoms with van der Waals surface area (Å²) in [6, 6.07) is 5.47. The molecule has 1 rings (SSSR count). The molecule has 12 heavy (non-hydrogen) atoms. The van der Waals surface area contributed by atoms with Gasteiger partial charge in [-0.3, -0.25) is 0 Å². The third-order valence-corrected chi connectivity index (χ3v) is 1.72. The van der Waals surface area contributed by atoms with Crippen molar-refractivity contribution in [2.45, 2.75) is 13.2 Å². The van der Waals surface area contributed by atoms with E-state index in [0.717, 1.165) is 11.1 Å². The lowest BCUT2D eigenvalue weighted by atomic mass is 10.1. The Morgan fingerprint density at radius 1 is 1.42 bits per heavy atom. The lowest BCUT2D eigenvalue weighted by Crippen LogP contribution is -1.98. The average Bonchev–Trinajstić information content (AvgIpc) is 2.09. The normalized spacial score (nSPS) is 10.2. The number of hydrogen-bond acceptors (Lipinski definition) is 3. The van der Waals surface area contributed by atoms with Crippen LogP contribution in [0.3, 0.4) is 0 Å². The highest BCUT2D eigenvalue weighted by atomic mass is 16.5. The Bertz CT molecular complexity index is 261.